The van der Waals surface area contributed by atoms with E-state index in [0.717, 1.165) is 13.0 Å². The van der Waals surface area contributed by atoms with Crippen LogP contribution in [0.1, 0.15) is 6.42 Å². The zero-order valence-corrected chi connectivity index (χ0v) is 8.63. The van der Waals surface area contributed by atoms with E-state index in [0.29, 0.717) is 0 Å². The number of aromatic nitrogens is 2. The summed E-state index contributed by atoms with van der Waals surface area (Å²) >= 11 is 0. The van der Waals surface area contributed by atoms with Gasteiger partial charge in [0, 0.05) is 18.3 Å². The van der Waals surface area contributed by atoms with Crippen LogP contribution < -0.4 is 0 Å². The molecule has 1 heterocycles. The Hall–Kier alpha value is -1.83. The number of hydrogen-bond acceptors (Lipinski definition) is 1. The summed E-state index contributed by atoms with van der Waals surface area (Å²) in [4.78, 5) is 0. The van der Waals surface area contributed by atoms with Gasteiger partial charge in [-0.1, -0.05) is 36.4 Å². The second-order valence-electron chi connectivity index (χ2n) is 3.44. The number of nitrogens with zero attached hydrogens (tertiary/aromatic N) is 2. The van der Waals surface area contributed by atoms with Crippen LogP contribution >= 0.6 is 0 Å². The maximum Gasteiger partial charge on any atom is 0.0568 e. The van der Waals surface area contributed by atoms with Crippen molar-refractivity contribution in [3.05, 3.63) is 55.4 Å². The lowest BCUT2D eigenvalue weighted by atomic mass is 10.1. The smallest absolute Gasteiger partial charge is 0.0568 e. The third-order valence-electron chi connectivity index (χ3n) is 2.30. The Bertz CT molecular complexity index is 429. The summed E-state index contributed by atoms with van der Waals surface area (Å²) in [5.74, 6) is 0. The second kappa shape index (κ2) is 4.60. The van der Waals surface area contributed by atoms with E-state index in [1.54, 1.807) is 0 Å². The molecule has 1 aromatic carbocycles. The lowest BCUT2D eigenvalue weighted by Crippen LogP contribution is -1.95. The largest absolute Gasteiger partial charge is 0.272 e. The van der Waals surface area contributed by atoms with Crippen molar-refractivity contribution >= 4 is 0 Å². The van der Waals surface area contributed by atoms with Crippen LogP contribution in [-0.4, -0.2) is 9.78 Å². The lowest BCUT2D eigenvalue weighted by Gasteiger charge is -1.96. The van der Waals surface area contributed by atoms with Crippen molar-refractivity contribution in [3.8, 4) is 11.1 Å². The van der Waals surface area contributed by atoms with Gasteiger partial charge < -0.3 is 0 Å². The average molecular weight is 198 g/mol. The molecule has 2 heteroatoms. The molecule has 0 N–H and O–H groups in total. The van der Waals surface area contributed by atoms with Gasteiger partial charge in [0.05, 0.1) is 6.20 Å². The van der Waals surface area contributed by atoms with Gasteiger partial charge >= 0.3 is 0 Å². The zero-order chi connectivity index (χ0) is 10.5. The molecule has 0 saturated heterocycles. The first-order chi connectivity index (χ1) is 7.40. The topological polar surface area (TPSA) is 17.8 Å². The predicted octanol–water partition coefficient (Wildman–Crippen LogP) is 3.13. The summed E-state index contributed by atoms with van der Waals surface area (Å²) < 4.78 is 1.95. The Morgan fingerprint density at radius 1 is 1.20 bits per heavy atom. The molecule has 2 aromatic rings. The third kappa shape index (κ3) is 2.34. The maximum atomic E-state index is 4.30. The quantitative estimate of drug-likeness (QED) is 0.690. The van der Waals surface area contributed by atoms with Crippen LogP contribution in [-0.2, 0) is 6.54 Å². The summed E-state index contributed by atoms with van der Waals surface area (Å²) in [6, 6.07) is 10.3. The molecule has 0 aliphatic heterocycles. The molecule has 0 unspecified atom stereocenters. The van der Waals surface area contributed by atoms with E-state index < -0.39 is 0 Å². The van der Waals surface area contributed by atoms with E-state index in [4.69, 9.17) is 0 Å². The van der Waals surface area contributed by atoms with Crippen molar-refractivity contribution in [1.82, 2.24) is 9.78 Å². The molecule has 15 heavy (non-hydrogen) atoms. The minimum atomic E-state index is 0.899. The molecule has 0 spiro atoms. The minimum Gasteiger partial charge on any atom is -0.272 e. The summed E-state index contributed by atoms with van der Waals surface area (Å²) in [5.41, 5.74) is 2.38. The van der Waals surface area contributed by atoms with Crippen LogP contribution in [0.15, 0.2) is 55.4 Å². The van der Waals surface area contributed by atoms with Crippen LogP contribution in [0.5, 0.6) is 0 Å². The van der Waals surface area contributed by atoms with Crippen LogP contribution in [0.25, 0.3) is 11.1 Å². The van der Waals surface area contributed by atoms with Gasteiger partial charge in [-0.05, 0) is 12.0 Å². The molecule has 0 saturated carbocycles. The Kier molecular flexibility index (Phi) is 2.98. The highest BCUT2D eigenvalue weighted by Crippen LogP contribution is 2.17. The van der Waals surface area contributed by atoms with Gasteiger partial charge in [0.25, 0.3) is 0 Å². The van der Waals surface area contributed by atoms with Crippen LogP contribution in [0.2, 0.25) is 0 Å². The van der Waals surface area contributed by atoms with E-state index in [9.17, 15) is 0 Å². The molecule has 0 bridgehead atoms. The molecule has 0 aliphatic rings. The lowest BCUT2D eigenvalue weighted by molar-refractivity contribution is 0.624. The van der Waals surface area contributed by atoms with Crippen molar-refractivity contribution in [3.63, 3.8) is 0 Å². The fraction of sp³-hybridized carbons (Fsp3) is 0.154. The first-order valence-electron chi connectivity index (χ1n) is 5.09. The summed E-state index contributed by atoms with van der Waals surface area (Å²) in [7, 11) is 0. The first kappa shape index (κ1) is 9.71. The Balaban J connectivity index is 2.17. The number of benzene rings is 1. The first-order valence-corrected chi connectivity index (χ1v) is 5.09. The van der Waals surface area contributed by atoms with Gasteiger partial charge in [-0.3, -0.25) is 4.68 Å². The highest BCUT2D eigenvalue weighted by atomic mass is 15.3. The van der Waals surface area contributed by atoms with Crippen molar-refractivity contribution in [2.24, 2.45) is 0 Å². The molecular weight excluding hydrogens is 184 g/mol. The highest BCUT2D eigenvalue weighted by molar-refractivity contribution is 5.61. The molecule has 2 rings (SSSR count). The van der Waals surface area contributed by atoms with E-state index in [1.807, 2.05) is 35.2 Å². The molecule has 0 fully saturated rings. The van der Waals surface area contributed by atoms with Gasteiger partial charge in [-0.2, -0.15) is 5.10 Å². The SMILES string of the molecule is C=CCCn1cc(-c2ccccc2)cn1. The predicted molar refractivity (Wildman–Crippen MR) is 62.5 cm³/mol. The van der Waals surface area contributed by atoms with Crippen LogP contribution in [0.3, 0.4) is 0 Å². The van der Waals surface area contributed by atoms with Crippen molar-refractivity contribution in [2.45, 2.75) is 13.0 Å². The van der Waals surface area contributed by atoms with E-state index in [2.05, 4.69) is 30.0 Å². The standard InChI is InChI=1S/C13H14N2/c1-2-3-9-15-11-13(10-14-15)12-7-5-4-6-8-12/h2,4-8,10-11H,1,3,9H2. The number of aryl methyl sites for hydroxylation is 1. The summed E-state index contributed by atoms with van der Waals surface area (Å²) in [5, 5.41) is 4.30. The summed E-state index contributed by atoms with van der Waals surface area (Å²) in [6.07, 6.45) is 6.83. The van der Waals surface area contributed by atoms with Gasteiger partial charge in [0.2, 0.25) is 0 Å². The molecule has 0 atom stereocenters. The van der Waals surface area contributed by atoms with Crippen molar-refractivity contribution in [2.75, 3.05) is 0 Å². The molecular formula is C13H14N2. The maximum absolute atomic E-state index is 4.30. The molecule has 2 nitrogen and oxygen atoms in total. The Morgan fingerprint density at radius 3 is 2.73 bits per heavy atom. The van der Waals surface area contributed by atoms with Gasteiger partial charge in [-0.15, -0.1) is 6.58 Å². The number of allylic oxidation sites excluding steroid dienone is 1. The monoisotopic (exact) mass is 198 g/mol. The van der Waals surface area contributed by atoms with Crippen LogP contribution in [0.4, 0.5) is 0 Å². The minimum absolute atomic E-state index is 0.899. The van der Waals surface area contributed by atoms with E-state index in [-0.39, 0.29) is 0 Å². The fourth-order valence-corrected chi connectivity index (χ4v) is 1.49. The fourth-order valence-electron chi connectivity index (χ4n) is 1.49. The normalized spacial score (nSPS) is 10.1. The Morgan fingerprint density at radius 2 is 2.00 bits per heavy atom. The molecule has 1 aromatic heterocycles. The zero-order valence-electron chi connectivity index (χ0n) is 8.63. The molecule has 76 valence electrons. The van der Waals surface area contributed by atoms with Gasteiger partial charge in [0.15, 0.2) is 0 Å². The van der Waals surface area contributed by atoms with E-state index >= 15 is 0 Å². The highest BCUT2D eigenvalue weighted by Gasteiger charge is 1.99. The average Bonchev–Trinajstić information content (AvgIpc) is 2.76. The number of hydrogen-bond donors (Lipinski definition) is 0. The van der Waals surface area contributed by atoms with Crippen molar-refractivity contribution < 1.29 is 0 Å². The van der Waals surface area contributed by atoms with Gasteiger partial charge in [-0.25, -0.2) is 0 Å². The third-order valence-corrected chi connectivity index (χ3v) is 2.30. The second-order valence-corrected chi connectivity index (χ2v) is 3.44. The Labute approximate surface area is 89.9 Å². The summed E-state index contributed by atoms with van der Waals surface area (Å²) in [6.45, 7) is 4.60. The van der Waals surface area contributed by atoms with Crippen LogP contribution in [0, 0.1) is 0 Å². The molecule has 0 radical (unpaired) electrons. The number of rotatable bonds is 4. The molecule has 0 amide bonds. The molecule has 0 aliphatic carbocycles. The van der Waals surface area contributed by atoms with Gasteiger partial charge in [0.1, 0.15) is 0 Å². The van der Waals surface area contributed by atoms with Crippen molar-refractivity contribution in [1.29, 1.82) is 0 Å². The van der Waals surface area contributed by atoms with E-state index in [1.165, 1.54) is 11.1 Å².